The van der Waals surface area contributed by atoms with Gasteiger partial charge in [0, 0.05) is 28.9 Å². The molecule has 0 aliphatic heterocycles. The van der Waals surface area contributed by atoms with Gasteiger partial charge in [0.15, 0.2) is 5.82 Å². The van der Waals surface area contributed by atoms with Gasteiger partial charge in [0.05, 0.1) is 6.54 Å². The summed E-state index contributed by atoms with van der Waals surface area (Å²) in [5.74, 6) is 0.845. The van der Waals surface area contributed by atoms with Crippen LogP contribution in [0, 0.1) is 6.92 Å². The van der Waals surface area contributed by atoms with Gasteiger partial charge in [0.1, 0.15) is 5.01 Å². The number of hydrogen-bond donors (Lipinski definition) is 1. The van der Waals surface area contributed by atoms with Gasteiger partial charge in [-0.3, -0.25) is 0 Å². The number of thiazole rings is 1. The molecule has 0 bridgehead atoms. The summed E-state index contributed by atoms with van der Waals surface area (Å²) in [6.07, 6.45) is 1.01. The number of rotatable bonds is 6. The second kappa shape index (κ2) is 6.65. The molecule has 0 aliphatic rings. The lowest BCUT2D eigenvalue weighted by molar-refractivity contribution is 0.558. The fourth-order valence-electron chi connectivity index (χ4n) is 2.17. The Kier molecular flexibility index (Phi) is 4.43. The van der Waals surface area contributed by atoms with Crippen molar-refractivity contribution < 1.29 is 0 Å². The lowest BCUT2D eigenvalue weighted by atomic mass is 10.2. The van der Waals surface area contributed by atoms with Crippen LogP contribution >= 0.6 is 11.3 Å². The fourth-order valence-corrected chi connectivity index (χ4v) is 2.96. The Bertz CT molecular complexity index is 748. The predicted molar refractivity (Wildman–Crippen MR) is 87.7 cm³/mol. The Hall–Kier alpha value is -2.28. The molecule has 3 rings (SSSR count). The van der Waals surface area contributed by atoms with Crippen LogP contribution < -0.4 is 5.32 Å². The molecular formula is C15H18N6S. The van der Waals surface area contributed by atoms with Gasteiger partial charge < -0.3 is 5.32 Å². The van der Waals surface area contributed by atoms with Crippen molar-refractivity contribution in [2.24, 2.45) is 0 Å². The van der Waals surface area contributed by atoms with Crippen LogP contribution in [0.15, 0.2) is 29.6 Å². The number of benzene rings is 1. The number of anilines is 1. The van der Waals surface area contributed by atoms with Crippen LogP contribution in [0.2, 0.25) is 0 Å². The molecule has 0 saturated heterocycles. The molecule has 2 heterocycles. The highest BCUT2D eigenvalue weighted by Gasteiger charge is 2.06. The van der Waals surface area contributed by atoms with Crippen molar-refractivity contribution in [3.8, 4) is 10.6 Å². The monoisotopic (exact) mass is 314 g/mol. The third kappa shape index (κ3) is 3.30. The molecule has 1 aromatic carbocycles. The van der Waals surface area contributed by atoms with E-state index in [1.165, 1.54) is 0 Å². The molecule has 6 nitrogen and oxygen atoms in total. The van der Waals surface area contributed by atoms with E-state index in [0.717, 1.165) is 40.7 Å². The summed E-state index contributed by atoms with van der Waals surface area (Å²) in [5.41, 5.74) is 3.21. The van der Waals surface area contributed by atoms with Crippen LogP contribution in [-0.2, 0) is 13.1 Å². The maximum atomic E-state index is 4.52. The lowest BCUT2D eigenvalue weighted by Crippen LogP contribution is -2.10. The highest BCUT2D eigenvalue weighted by Crippen LogP contribution is 2.25. The van der Waals surface area contributed by atoms with Crippen molar-refractivity contribution in [1.82, 2.24) is 25.2 Å². The average molecular weight is 314 g/mol. The number of nitrogens with one attached hydrogen (secondary N) is 1. The summed E-state index contributed by atoms with van der Waals surface area (Å²) < 4.78 is 1.83. The summed E-state index contributed by atoms with van der Waals surface area (Å²) in [6.45, 7) is 5.56. The standard InChI is InChI=1S/C15H18N6S/c1-3-7-21-14(18-19-20-21)9-16-13-6-4-5-12(8-13)15-17-11(2)10-22-15/h4-6,8,10,16H,3,7,9H2,1-2H3. The van der Waals surface area contributed by atoms with E-state index >= 15 is 0 Å². The van der Waals surface area contributed by atoms with Crippen molar-refractivity contribution in [3.05, 3.63) is 41.2 Å². The molecule has 0 saturated carbocycles. The average Bonchev–Trinajstić information content (AvgIpc) is 3.15. The van der Waals surface area contributed by atoms with Crippen molar-refractivity contribution >= 4 is 17.0 Å². The van der Waals surface area contributed by atoms with Crippen LogP contribution in [0.1, 0.15) is 24.9 Å². The third-order valence-electron chi connectivity index (χ3n) is 3.22. The fraction of sp³-hybridized carbons (Fsp3) is 0.333. The molecule has 0 unspecified atom stereocenters. The number of aryl methyl sites for hydroxylation is 2. The van der Waals surface area contributed by atoms with Gasteiger partial charge in [-0.2, -0.15) is 0 Å². The van der Waals surface area contributed by atoms with Crippen LogP contribution in [0.3, 0.4) is 0 Å². The van der Waals surface area contributed by atoms with Gasteiger partial charge in [0.25, 0.3) is 0 Å². The Morgan fingerprint density at radius 2 is 2.23 bits per heavy atom. The summed E-state index contributed by atoms with van der Waals surface area (Å²) in [6, 6.07) is 8.25. The van der Waals surface area contributed by atoms with Crippen LogP contribution in [-0.4, -0.2) is 25.2 Å². The second-order valence-corrected chi connectivity index (χ2v) is 5.90. The van der Waals surface area contributed by atoms with E-state index < -0.39 is 0 Å². The van der Waals surface area contributed by atoms with Crippen LogP contribution in [0.4, 0.5) is 5.69 Å². The normalized spacial score (nSPS) is 10.8. The molecule has 1 N–H and O–H groups in total. The number of tetrazole rings is 1. The van der Waals surface area contributed by atoms with Crippen LogP contribution in [0.25, 0.3) is 10.6 Å². The Morgan fingerprint density at radius 3 is 3.00 bits per heavy atom. The maximum absolute atomic E-state index is 4.52. The molecule has 2 aromatic heterocycles. The second-order valence-electron chi connectivity index (χ2n) is 5.05. The predicted octanol–water partition coefficient (Wildman–Crippen LogP) is 3.13. The molecule has 0 radical (unpaired) electrons. The van der Waals surface area contributed by atoms with Crippen LogP contribution in [0.5, 0.6) is 0 Å². The molecular weight excluding hydrogens is 296 g/mol. The highest BCUT2D eigenvalue weighted by molar-refractivity contribution is 7.13. The Labute approximate surface area is 133 Å². The van der Waals surface area contributed by atoms with Crippen molar-refractivity contribution in [2.75, 3.05) is 5.32 Å². The SMILES string of the molecule is CCCn1nnnc1CNc1cccc(-c2nc(C)cs2)c1. The van der Waals surface area contributed by atoms with Gasteiger partial charge in [-0.1, -0.05) is 19.1 Å². The molecule has 0 amide bonds. The molecule has 0 atom stereocenters. The molecule has 114 valence electrons. The summed E-state index contributed by atoms with van der Waals surface area (Å²) in [5, 5.41) is 18.3. The minimum atomic E-state index is 0.605. The van der Waals surface area contributed by atoms with Gasteiger partial charge in [-0.05, 0) is 35.9 Å². The zero-order valence-electron chi connectivity index (χ0n) is 12.7. The largest absolute Gasteiger partial charge is 0.378 e. The molecule has 0 spiro atoms. The highest BCUT2D eigenvalue weighted by atomic mass is 32.1. The zero-order valence-corrected chi connectivity index (χ0v) is 13.5. The first-order chi connectivity index (χ1) is 10.8. The molecule has 0 fully saturated rings. The molecule has 0 aliphatic carbocycles. The maximum Gasteiger partial charge on any atom is 0.170 e. The number of aromatic nitrogens is 5. The quantitative estimate of drug-likeness (QED) is 0.757. The van der Waals surface area contributed by atoms with Gasteiger partial charge in [-0.15, -0.1) is 16.4 Å². The topological polar surface area (TPSA) is 68.5 Å². The number of hydrogen-bond acceptors (Lipinski definition) is 6. The van der Waals surface area contributed by atoms with E-state index in [4.69, 9.17) is 0 Å². The first-order valence-corrected chi connectivity index (χ1v) is 8.15. The Balaban J connectivity index is 1.72. The summed E-state index contributed by atoms with van der Waals surface area (Å²) in [4.78, 5) is 4.52. The van der Waals surface area contributed by atoms with E-state index in [-0.39, 0.29) is 0 Å². The van der Waals surface area contributed by atoms with Gasteiger partial charge >= 0.3 is 0 Å². The third-order valence-corrected chi connectivity index (χ3v) is 4.23. The summed E-state index contributed by atoms with van der Waals surface area (Å²) in [7, 11) is 0. The molecule has 3 aromatic rings. The van der Waals surface area contributed by atoms with E-state index in [1.54, 1.807) is 11.3 Å². The van der Waals surface area contributed by atoms with E-state index in [0.29, 0.717) is 6.54 Å². The molecule has 7 heteroatoms. The first kappa shape index (κ1) is 14.6. The zero-order chi connectivity index (χ0) is 15.4. The smallest absolute Gasteiger partial charge is 0.170 e. The van der Waals surface area contributed by atoms with Gasteiger partial charge in [-0.25, -0.2) is 9.67 Å². The van der Waals surface area contributed by atoms with E-state index in [9.17, 15) is 0 Å². The van der Waals surface area contributed by atoms with Crippen molar-refractivity contribution in [2.45, 2.75) is 33.4 Å². The van der Waals surface area contributed by atoms with Crippen molar-refractivity contribution in [3.63, 3.8) is 0 Å². The van der Waals surface area contributed by atoms with E-state index in [1.807, 2.05) is 23.7 Å². The Morgan fingerprint density at radius 1 is 1.32 bits per heavy atom. The molecule has 22 heavy (non-hydrogen) atoms. The summed E-state index contributed by atoms with van der Waals surface area (Å²) >= 11 is 1.66. The van der Waals surface area contributed by atoms with E-state index in [2.05, 4.69) is 50.3 Å². The number of nitrogens with zero attached hydrogens (tertiary/aromatic N) is 5. The minimum Gasteiger partial charge on any atom is -0.378 e. The first-order valence-electron chi connectivity index (χ1n) is 7.27. The van der Waals surface area contributed by atoms with Crippen molar-refractivity contribution in [1.29, 1.82) is 0 Å². The lowest BCUT2D eigenvalue weighted by Gasteiger charge is -2.07. The van der Waals surface area contributed by atoms with Gasteiger partial charge in [0.2, 0.25) is 0 Å². The minimum absolute atomic E-state index is 0.605.